The highest BCUT2D eigenvalue weighted by Gasteiger charge is 2.44. The molecule has 0 spiro atoms. The average molecular weight is 397 g/mol. The molecule has 0 fully saturated rings. The minimum absolute atomic E-state index is 0.395. The van der Waals surface area contributed by atoms with Gasteiger partial charge in [-0.2, -0.15) is 13.2 Å². The molecule has 1 rings (SSSR count). The van der Waals surface area contributed by atoms with Crippen LogP contribution in [0.25, 0.3) is 0 Å². The van der Waals surface area contributed by atoms with Crippen molar-refractivity contribution in [3.8, 4) is 0 Å². The maximum atomic E-state index is 13.4. The van der Waals surface area contributed by atoms with E-state index in [-0.39, 0.29) is 0 Å². The summed E-state index contributed by atoms with van der Waals surface area (Å²) in [6, 6.07) is 0. The topological polar surface area (TPSA) is 82.6 Å². The van der Waals surface area contributed by atoms with Crippen LogP contribution < -0.4 is 0 Å². The molecule has 6 nitrogen and oxygen atoms in total. The van der Waals surface area contributed by atoms with E-state index >= 15 is 0 Å². The van der Waals surface area contributed by atoms with Crippen LogP contribution in [0.2, 0.25) is 0 Å². The molecule has 0 unspecified atom stereocenters. The van der Waals surface area contributed by atoms with Crippen molar-refractivity contribution in [3.05, 3.63) is 28.1 Å². The summed E-state index contributed by atoms with van der Waals surface area (Å²) in [5.74, 6) is -5.28. The highest BCUT2D eigenvalue weighted by molar-refractivity contribution is 6.41. The summed E-state index contributed by atoms with van der Waals surface area (Å²) in [6.07, 6.45) is -9.30. The van der Waals surface area contributed by atoms with Crippen LogP contribution in [0, 0.1) is 5.92 Å². The van der Waals surface area contributed by atoms with Gasteiger partial charge < -0.3 is 9.47 Å². The summed E-state index contributed by atoms with van der Waals surface area (Å²) in [5, 5.41) is 0. The maximum absolute atomic E-state index is 13.4. The van der Waals surface area contributed by atoms with E-state index in [0.29, 0.717) is 0 Å². The number of carbonyl (C=O) groups is 3. The molecule has 0 radical (unpaired) electrons. The molecule has 0 atom stereocenters. The molecule has 0 N–H and O–H groups in total. The number of aromatic nitrogens is 1. The molecular formula is C16H16F5NO5. The molecule has 0 bridgehead atoms. The number of halogens is 5. The van der Waals surface area contributed by atoms with Gasteiger partial charge in [-0.15, -0.1) is 0 Å². The van der Waals surface area contributed by atoms with Gasteiger partial charge >= 0.3 is 18.1 Å². The number of hydrogen-bond acceptors (Lipinski definition) is 6. The van der Waals surface area contributed by atoms with Gasteiger partial charge in [-0.05, 0) is 17.9 Å². The Balaban J connectivity index is 4.13. The fourth-order valence-electron chi connectivity index (χ4n) is 2.40. The number of nitrogens with zero attached hydrogens (tertiary/aromatic N) is 1. The minimum atomic E-state index is -5.34. The van der Waals surface area contributed by atoms with Crippen LogP contribution in [0.3, 0.4) is 0 Å². The van der Waals surface area contributed by atoms with Crippen LogP contribution in [0.5, 0.6) is 0 Å². The normalized spacial score (nSPS) is 11.7. The third-order valence-electron chi connectivity index (χ3n) is 3.40. The van der Waals surface area contributed by atoms with E-state index in [9.17, 15) is 36.3 Å². The van der Waals surface area contributed by atoms with E-state index in [1.165, 1.54) is 13.8 Å². The third-order valence-corrected chi connectivity index (χ3v) is 3.40. The number of hydrogen-bond donors (Lipinski definition) is 0. The van der Waals surface area contributed by atoms with Gasteiger partial charge in [-0.1, -0.05) is 13.8 Å². The quantitative estimate of drug-likeness (QED) is 0.317. The van der Waals surface area contributed by atoms with Crippen molar-refractivity contribution in [1.29, 1.82) is 0 Å². The fourth-order valence-corrected chi connectivity index (χ4v) is 2.40. The lowest BCUT2D eigenvalue weighted by molar-refractivity contribution is -0.142. The smallest absolute Gasteiger partial charge is 0.434 e. The monoisotopic (exact) mass is 397 g/mol. The summed E-state index contributed by atoms with van der Waals surface area (Å²) >= 11 is 0. The molecule has 0 aliphatic carbocycles. The molecule has 1 aromatic rings. The second-order valence-corrected chi connectivity index (χ2v) is 5.78. The van der Waals surface area contributed by atoms with Crippen LogP contribution >= 0.6 is 0 Å². The van der Waals surface area contributed by atoms with E-state index < -0.39 is 70.7 Å². The number of pyridine rings is 1. The second kappa shape index (κ2) is 8.40. The number of methoxy groups -OCH3 is 2. The molecule has 11 heteroatoms. The van der Waals surface area contributed by atoms with Crippen molar-refractivity contribution in [2.24, 2.45) is 5.92 Å². The second-order valence-electron chi connectivity index (χ2n) is 5.78. The van der Waals surface area contributed by atoms with Crippen LogP contribution in [0.4, 0.5) is 22.0 Å². The van der Waals surface area contributed by atoms with E-state index in [1.807, 2.05) is 0 Å². The molecule has 0 aliphatic heterocycles. The summed E-state index contributed by atoms with van der Waals surface area (Å²) in [4.78, 5) is 38.6. The largest absolute Gasteiger partial charge is 0.465 e. The van der Waals surface area contributed by atoms with Crippen molar-refractivity contribution >= 4 is 17.7 Å². The molecule has 0 aromatic carbocycles. The van der Waals surface area contributed by atoms with Crippen molar-refractivity contribution in [3.63, 3.8) is 0 Å². The van der Waals surface area contributed by atoms with E-state index in [0.717, 1.165) is 14.2 Å². The summed E-state index contributed by atoms with van der Waals surface area (Å²) in [5.41, 5.74) is -6.43. The standard InChI is InChI=1S/C16H16F5NO5/c1-6(2)5-7-8(14(24)26-3)10(13(17)18)22-12(16(19,20)21)9(7)11(23)15(25)27-4/h6,13H,5H2,1-4H3. The van der Waals surface area contributed by atoms with Gasteiger partial charge in [0.25, 0.3) is 12.2 Å². The van der Waals surface area contributed by atoms with Gasteiger partial charge in [0.1, 0.15) is 5.69 Å². The van der Waals surface area contributed by atoms with Crippen molar-refractivity contribution in [2.75, 3.05) is 14.2 Å². The predicted octanol–water partition coefficient (Wildman–Crippen LogP) is 3.38. The Morgan fingerprint density at radius 3 is 1.96 bits per heavy atom. The Morgan fingerprint density at radius 1 is 1.04 bits per heavy atom. The number of ketones is 1. The summed E-state index contributed by atoms with van der Waals surface area (Å²) < 4.78 is 75.5. The zero-order chi connectivity index (χ0) is 21.1. The molecule has 1 aromatic heterocycles. The van der Waals surface area contributed by atoms with Crippen LogP contribution in [-0.4, -0.2) is 36.9 Å². The molecule has 1 heterocycles. The Bertz CT molecular complexity index is 759. The summed E-state index contributed by atoms with van der Waals surface area (Å²) in [6.45, 7) is 3.03. The lowest BCUT2D eigenvalue weighted by Crippen LogP contribution is -2.28. The number of Topliss-reactive ketones (excluding diaryl/α,β-unsaturated/α-hetero) is 1. The number of esters is 2. The number of rotatable bonds is 6. The van der Waals surface area contributed by atoms with Crippen LogP contribution in [0.15, 0.2) is 0 Å². The molecule has 150 valence electrons. The molecule has 0 amide bonds. The first kappa shape index (κ1) is 22.5. The lowest BCUT2D eigenvalue weighted by atomic mass is 9.89. The lowest BCUT2D eigenvalue weighted by Gasteiger charge is -2.21. The van der Waals surface area contributed by atoms with Crippen LogP contribution in [0.1, 0.15) is 57.9 Å². The van der Waals surface area contributed by atoms with Crippen molar-refractivity contribution in [1.82, 2.24) is 4.98 Å². The van der Waals surface area contributed by atoms with E-state index in [4.69, 9.17) is 0 Å². The molecular weight excluding hydrogens is 381 g/mol. The molecule has 0 aliphatic rings. The Kier molecular flexibility index (Phi) is 6.99. The first-order valence-corrected chi connectivity index (χ1v) is 7.49. The molecule has 0 saturated carbocycles. The van der Waals surface area contributed by atoms with E-state index in [1.54, 1.807) is 0 Å². The zero-order valence-electron chi connectivity index (χ0n) is 14.7. The van der Waals surface area contributed by atoms with Gasteiger partial charge in [0, 0.05) is 0 Å². The van der Waals surface area contributed by atoms with Gasteiger partial charge in [0.15, 0.2) is 5.69 Å². The number of ether oxygens (including phenoxy) is 2. The van der Waals surface area contributed by atoms with Crippen molar-refractivity contribution in [2.45, 2.75) is 32.9 Å². The van der Waals surface area contributed by atoms with Gasteiger partial charge in [0.05, 0.1) is 25.3 Å². The first-order chi connectivity index (χ1) is 12.4. The van der Waals surface area contributed by atoms with Crippen molar-refractivity contribution < 1.29 is 45.8 Å². The third kappa shape index (κ3) is 4.77. The molecule has 0 saturated heterocycles. The number of alkyl halides is 5. The van der Waals surface area contributed by atoms with Gasteiger partial charge in [-0.25, -0.2) is 23.4 Å². The van der Waals surface area contributed by atoms with Crippen LogP contribution in [-0.2, 0) is 26.9 Å². The maximum Gasteiger partial charge on any atom is 0.434 e. The predicted molar refractivity (Wildman–Crippen MR) is 80.4 cm³/mol. The average Bonchev–Trinajstić information content (AvgIpc) is 2.57. The first-order valence-electron chi connectivity index (χ1n) is 7.49. The van der Waals surface area contributed by atoms with Gasteiger partial charge in [0.2, 0.25) is 0 Å². The highest BCUT2D eigenvalue weighted by atomic mass is 19.4. The highest BCUT2D eigenvalue weighted by Crippen LogP contribution is 2.38. The SMILES string of the molecule is COC(=O)C(=O)c1c(C(F)(F)F)nc(C(F)F)c(C(=O)OC)c1CC(C)C. The Hall–Kier alpha value is -2.59. The molecule has 27 heavy (non-hydrogen) atoms. The summed E-state index contributed by atoms with van der Waals surface area (Å²) in [7, 11) is 1.59. The van der Waals surface area contributed by atoms with Gasteiger partial charge in [-0.3, -0.25) is 4.79 Å². The Labute approximate surface area is 150 Å². The number of carbonyl (C=O) groups excluding carboxylic acids is 3. The fraction of sp³-hybridized carbons (Fsp3) is 0.500. The zero-order valence-corrected chi connectivity index (χ0v) is 14.7. The Morgan fingerprint density at radius 2 is 1.59 bits per heavy atom. The van der Waals surface area contributed by atoms with E-state index in [2.05, 4.69) is 14.5 Å². The minimum Gasteiger partial charge on any atom is -0.465 e.